The molecule has 0 aliphatic heterocycles. The Kier molecular flexibility index (Phi) is 3.98. The molecule has 7 nitrogen and oxygen atoms in total. The summed E-state index contributed by atoms with van der Waals surface area (Å²) in [5.41, 5.74) is 7.98. The molecule has 1 aromatic carbocycles. The summed E-state index contributed by atoms with van der Waals surface area (Å²) in [5.74, 6) is -1.03. The lowest BCUT2D eigenvalue weighted by Gasteiger charge is -2.07. The van der Waals surface area contributed by atoms with E-state index in [1.165, 1.54) is 6.08 Å². The summed E-state index contributed by atoms with van der Waals surface area (Å²) < 4.78 is 0. The number of rotatable bonds is 4. The topological polar surface area (TPSA) is 111 Å². The van der Waals surface area contributed by atoms with Gasteiger partial charge >= 0.3 is 0 Å². The van der Waals surface area contributed by atoms with Crippen molar-refractivity contribution < 1.29 is 9.59 Å². The number of carbonyl (C=O) groups excluding carboxylic acids is 2. The van der Waals surface area contributed by atoms with Crippen LogP contribution in [0.4, 0.5) is 5.69 Å². The number of hydrogen-bond donors (Lipinski definition) is 2. The molecule has 3 N–H and O–H groups in total. The second-order valence-corrected chi connectivity index (χ2v) is 4.99. The molecule has 0 saturated heterocycles. The van der Waals surface area contributed by atoms with Crippen LogP contribution < -0.4 is 11.1 Å². The zero-order valence-corrected chi connectivity index (χ0v) is 12.6. The summed E-state index contributed by atoms with van der Waals surface area (Å²) in [6.45, 7) is 3.41. The predicted octanol–water partition coefficient (Wildman–Crippen LogP) is 1.92. The number of benzene rings is 1. The number of nitrogens with one attached hydrogen (secondary N) is 1. The minimum atomic E-state index is -0.682. The van der Waals surface area contributed by atoms with Gasteiger partial charge in [0.2, 0.25) is 11.7 Å². The Labute approximate surface area is 137 Å². The molecule has 0 saturated carbocycles. The first-order valence-corrected chi connectivity index (χ1v) is 7.02. The van der Waals surface area contributed by atoms with Crippen LogP contribution in [0, 0.1) is 0 Å². The molecule has 7 heteroatoms. The van der Waals surface area contributed by atoms with Gasteiger partial charge in [-0.15, -0.1) is 0 Å². The van der Waals surface area contributed by atoms with Crippen molar-refractivity contribution in [1.82, 2.24) is 15.0 Å². The molecule has 24 heavy (non-hydrogen) atoms. The quantitative estimate of drug-likeness (QED) is 0.714. The molecule has 0 spiro atoms. The zero-order chi connectivity index (χ0) is 17.1. The molecule has 3 rings (SSSR count). The Morgan fingerprint density at radius 3 is 2.71 bits per heavy atom. The van der Waals surface area contributed by atoms with Gasteiger partial charge in [0.1, 0.15) is 0 Å². The third-order valence-electron chi connectivity index (χ3n) is 3.33. The molecule has 2 heterocycles. The maximum atomic E-state index is 11.4. The third kappa shape index (κ3) is 3.09. The van der Waals surface area contributed by atoms with E-state index in [1.807, 2.05) is 12.1 Å². The first-order valence-electron chi connectivity index (χ1n) is 7.02. The highest BCUT2D eigenvalue weighted by molar-refractivity contribution is 5.99. The highest BCUT2D eigenvalue weighted by Crippen LogP contribution is 2.24. The second kappa shape index (κ2) is 6.25. The molecule has 0 aliphatic rings. The van der Waals surface area contributed by atoms with Crippen LogP contribution in [0.25, 0.3) is 22.0 Å². The Hall–Kier alpha value is -3.61. The molecule has 0 unspecified atom stereocenters. The van der Waals surface area contributed by atoms with Crippen LogP contribution in [0.3, 0.4) is 0 Å². The van der Waals surface area contributed by atoms with Gasteiger partial charge < -0.3 is 11.1 Å². The Bertz CT molecular complexity index is 968. The van der Waals surface area contributed by atoms with E-state index in [-0.39, 0.29) is 11.7 Å². The molecule has 2 amide bonds. The number of carbonyl (C=O) groups is 2. The van der Waals surface area contributed by atoms with Gasteiger partial charge in [0.25, 0.3) is 5.91 Å². The average Bonchev–Trinajstić information content (AvgIpc) is 2.60. The minimum Gasteiger partial charge on any atom is -0.363 e. The van der Waals surface area contributed by atoms with Crippen molar-refractivity contribution in [3.63, 3.8) is 0 Å². The van der Waals surface area contributed by atoms with E-state index in [0.717, 1.165) is 16.5 Å². The van der Waals surface area contributed by atoms with E-state index >= 15 is 0 Å². The molecule has 2 aromatic heterocycles. The predicted molar refractivity (Wildman–Crippen MR) is 90.1 cm³/mol. The van der Waals surface area contributed by atoms with Gasteiger partial charge in [-0.2, -0.15) is 0 Å². The summed E-state index contributed by atoms with van der Waals surface area (Å²) in [6.07, 6.45) is 5.94. The van der Waals surface area contributed by atoms with Gasteiger partial charge in [0, 0.05) is 23.3 Å². The van der Waals surface area contributed by atoms with Crippen molar-refractivity contribution in [3.8, 4) is 11.1 Å². The van der Waals surface area contributed by atoms with E-state index in [2.05, 4.69) is 26.8 Å². The average molecular weight is 319 g/mol. The fourth-order valence-corrected chi connectivity index (χ4v) is 2.18. The van der Waals surface area contributed by atoms with Gasteiger partial charge in [0.05, 0.1) is 17.4 Å². The van der Waals surface area contributed by atoms with Crippen molar-refractivity contribution in [3.05, 3.63) is 61.3 Å². The Morgan fingerprint density at radius 1 is 1.12 bits per heavy atom. The van der Waals surface area contributed by atoms with Crippen molar-refractivity contribution >= 4 is 28.4 Å². The number of anilines is 1. The number of nitrogens with zero attached hydrogens (tertiary/aromatic N) is 3. The first-order chi connectivity index (χ1) is 11.6. The second-order valence-electron chi connectivity index (χ2n) is 4.99. The molecular weight excluding hydrogens is 306 g/mol. The van der Waals surface area contributed by atoms with Crippen molar-refractivity contribution in [2.75, 3.05) is 5.32 Å². The number of amides is 2. The lowest BCUT2D eigenvalue weighted by Crippen LogP contribution is -2.14. The van der Waals surface area contributed by atoms with Gasteiger partial charge in [-0.3, -0.25) is 14.6 Å². The van der Waals surface area contributed by atoms with Crippen molar-refractivity contribution in [1.29, 1.82) is 0 Å². The number of aromatic nitrogens is 3. The van der Waals surface area contributed by atoms with E-state index in [4.69, 9.17) is 5.73 Å². The van der Waals surface area contributed by atoms with Crippen molar-refractivity contribution in [2.24, 2.45) is 5.73 Å². The van der Waals surface area contributed by atoms with Crippen LogP contribution in [0.5, 0.6) is 0 Å². The number of fused-ring (bicyclic) bond motifs is 1. The summed E-state index contributed by atoms with van der Waals surface area (Å²) in [6, 6.07) is 7.31. The minimum absolute atomic E-state index is 0.0372. The van der Waals surface area contributed by atoms with Crippen LogP contribution in [0.1, 0.15) is 10.6 Å². The molecule has 0 aliphatic carbocycles. The molecule has 0 fully saturated rings. The molecule has 3 aromatic rings. The smallest absolute Gasteiger partial charge is 0.286 e. The maximum Gasteiger partial charge on any atom is 0.286 e. The largest absolute Gasteiger partial charge is 0.363 e. The van der Waals surface area contributed by atoms with Crippen molar-refractivity contribution in [2.45, 2.75) is 0 Å². The van der Waals surface area contributed by atoms with E-state index in [1.54, 1.807) is 30.7 Å². The summed E-state index contributed by atoms with van der Waals surface area (Å²) in [7, 11) is 0. The Balaban J connectivity index is 2.02. The number of primary amides is 1. The van der Waals surface area contributed by atoms with E-state index < -0.39 is 5.91 Å². The van der Waals surface area contributed by atoms with Gasteiger partial charge in [-0.05, 0) is 23.8 Å². The number of pyridine rings is 1. The lowest BCUT2D eigenvalue weighted by atomic mass is 10.1. The zero-order valence-electron chi connectivity index (χ0n) is 12.6. The number of hydrogen-bond acceptors (Lipinski definition) is 5. The summed E-state index contributed by atoms with van der Waals surface area (Å²) in [5, 5.41) is 3.44. The van der Waals surface area contributed by atoms with Gasteiger partial charge in [0.15, 0.2) is 0 Å². The molecular formula is C17H13N5O2. The fourth-order valence-electron chi connectivity index (χ4n) is 2.18. The lowest BCUT2D eigenvalue weighted by molar-refractivity contribution is -0.111. The highest BCUT2D eigenvalue weighted by Gasteiger charge is 2.08. The van der Waals surface area contributed by atoms with E-state index in [9.17, 15) is 9.59 Å². The maximum absolute atomic E-state index is 11.4. The SMILES string of the molecule is C=CC(=O)Nc1cncc(-c2ccc3cnc(C(N)=O)nc3c2)c1. The number of nitrogens with two attached hydrogens (primary N) is 1. The molecule has 0 radical (unpaired) electrons. The van der Waals surface area contributed by atoms with E-state index in [0.29, 0.717) is 11.2 Å². The first kappa shape index (κ1) is 15.3. The van der Waals surface area contributed by atoms with Crippen LogP contribution in [-0.2, 0) is 4.79 Å². The standard InChI is InChI=1S/C17H13N5O2/c1-2-15(23)21-13-5-12(7-19-9-13)10-3-4-11-8-20-17(16(18)24)22-14(11)6-10/h2-9H,1H2,(H2,18,24)(H,21,23). The summed E-state index contributed by atoms with van der Waals surface area (Å²) in [4.78, 5) is 34.8. The van der Waals surface area contributed by atoms with Gasteiger partial charge in [-0.1, -0.05) is 18.7 Å². The van der Waals surface area contributed by atoms with Crippen LogP contribution in [-0.4, -0.2) is 26.8 Å². The molecule has 118 valence electrons. The molecule has 0 atom stereocenters. The fraction of sp³-hybridized carbons (Fsp3) is 0. The summed E-state index contributed by atoms with van der Waals surface area (Å²) >= 11 is 0. The van der Waals surface area contributed by atoms with Crippen LogP contribution in [0.2, 0.25) is 0 Å². The monoisotopic (exact) mass is 319 g/mol. The normalized spacial score (nSPS) is 10.3. The highest BCUT2D eigenvalue weighted by atomic mass is 16.2. The van der Waals surface area contributed by atoms with Gasteiger partial charge in [-0.25, -0.2) is 9.97 Å². The van der Waals surface area contributed by atoms with Crippen LogP contribution >= 0.6 is 0 Å². The molecule has 0 bridgehead atoms. The third-order valence-corrected chi connectivity index (χ3v) is 3.33. The van der Waals surface area contributed by atoms with Crippen LogP contribution in [0.15, 0.2) is 55.5 Å². The Morgan fingerprint density at radius 2 is 1.96 bits per heavy atom.